The first-order valence-corrected chi connectivity index (χ1v) is 3.73. The molecule has 1 heterocycles. The van der Waals surface area contributed by atoms with Crippen LogP contribution in [0.5, 0.6) is 0 Å². The van der Waals surface area contributed by atoms with Gasteiger partial charge in [-0.3, -0.25) is 0 Å². The van der Waals surface area contributed by atoms with Crippen LogP contribution < -0.4 is 5.32 Å². The van der Waals surface area contributed by atoms with Crippen LogP contribution in [0, 0.1) is 5.92 Å². The maximum atomic E-state index is 3.22. The fraction of sp³-hybridized carbons (Fsp3) is 0.750. The van der Waals surface area contributed by atoms with E-state index in [1.807, 2.05) is 0 Å². The van der Waals surface area contributed by atoms with Crippen LogP contribution in [-0.2, 0) is 0 Å². The van der Waals surface area contributed by atoms with Crippen molar-refractivity contribution in [3.63, 3.8) is 0 Å². The molecule has 0 amide bonds. The molecule has 1 fully saturated rings. The average molecular weight is 125 g/mol. The molecular weight excluding hydrogens is 110 g/mol. The van der Waals surface area contributed by atoms with Crippen molar-refractivity contribution in [2.75, 3.05) is 13.1 Å². The first-order valence-electron chi connectivity index (χ1n) is 3.73. The summed E-state index contributed by atoms with van der Waals surface area (Å²) < 4.78 is 0. The van der Waals surface area contributed by atoms with Gasteiger partial charge in [-0.15, -0.1) is 0 Å². The van der Waals surface area contributed by atoms with E-state index in [0.29, 0.717) is 0 Å². The summed E-state index contributed by atoms with van der Waals surface area (Å²) in [6.07, 6.45) is 3.65. The first kappa shape index (κ1) is 6.81. The molecule has 0 aromatic rings. The van der Waals surface area contributed by atoms with Gasteiger partial charge in [0.25, 0.3) is 0 Å². The Morgan fingerprint density at radius 3 is 2.67 bits per heavy atom. The molecular formula is C8H15N. The lowest BCUT2D eigenvalue weighted by Gasteiger charge is -2.19. The van der Waals surface area contributed by atoms with Crippen LogP contribution in [0.15, 0.2) is 11.6 Å². The van der Waals surface area contributed by atoms with Gasteiger partial charge in [-0.1, -0.05) is 26.3 Å². The summed E-state index contributed by atoms with van der Waals surface area (Å²) in [5.74, 6) is 0.780. The Hall–Kier alpha value is -0.300. The van der Waals surface area contributed by atoms with Gasteiger partial charge in [0.2, 0.25) is 0 Å². The monoisotopic (exact) mass is 125 g/mol. The van der Waals surface area contributed by atoms with Crippen LogP contribution in [0.25, 0.3) is 0 Å². The minimum atomic E-state index is 0.780. The van der Waals surface area contributed by atoms with Crippen molar-refractivity contribution in [3.05, 3.63) is 11.6 Å². The van der Waals surface area contributed by atoms with Gasteiger partial charge < -0.3 is 5.32 Å². The lowest BCUT2D eigenvalue weighted by molar-refractivity contribution is 0.626. The van der Waals surface area contributed by atoms with Crippen LogP contribution >= 0.6 is 0 Å². The molecule has 9 heavy (non-hydrogen) atoms. The number of hydrogen-bond acceptors (Lipinski definition) is 1. The molecule has 1 aliphatic heterocycles. The Morgan fingerprint density at radius 1 is 1.67 bits per heavy atom. The highest BCUT2D eigenvalue weighted by atomic mass is 14.9. The molecule has 1 unspecified atom stereocenters. The summed E-state index contributed by atoms with van der Waals surface area (Å²) in [6, 6.07) is 0. The molecule has 1 aliphatic rings. The van der Waals surface area contributed by atoms with Gasteiger partial charge in [-0.25, -0.2) is 0 Å². The van der Waals surface area contributed by atoms with E-state index in [-0.39, 0.29) is 0 Å². The average Bonchev–Trinajstić information content (AvgIpc) is 1.78. The number of rotatable bonds is 2. The number of hydrogen-bond donors (Lipinski definition) is 1. The maximum Gasteiger partial charge on any atom is 0.0180 e. The SMILES string of the molecule is CCC(C)C=C1CNC1. The van der Waals surface area contributed by atoms with E-state index in [1.54, 1.807) is 5.57 Å². The molecule has 1 saturated heterocycles. The largest absolute Gasteiger partial charge is 0.309 e. The molecule has 1 nitrogen and oxygen atoms in total. The lowest BCUT2D eigenvalue weighted by Crippen LogP contribution is -2.34. The topological polar surface area (TPSA) is 12.0 Å². The van der Waals surface area contributed by atoms with Gasteiger partial charge in [0.1, 0.15) is 0 Å². The summed E-state index contributed by atoms with van der Waals surface area (Å²) in [6.45, 7) is 6.76. The predicted molar refractivity (Wildman–Crippen MR) is 40.4 cm³/mol. The van der Waals surface area contributed by atoms with E-state index in [0.717, 1.165) is 19.0 Å². The quantitative estimate of drug-likeness (QED) is 0.552. The second-order valence-corrected chi connectivity index (χ2v) is 2.81. The van der Waals surface area contributed by atoms with Crippen LogP contribution in [0.1, 0.15) is 20.3 Å². The third-order valence-electron chi connectivity index (χ3n) is 1.87. The molecule has 1 heteroatoms. The van der Waals surface area contributed by atoms with E-state index < -0.39 is 0 Å². The van der Waals surface area contributed by atoms with Crippen molar-refractivity contribution < 1.29 is 0 Å². The summed E-state index contributed by atoms with van der Waals surface area (Å²) in [4.78, 5) is 0. The Balaban J connectivity index is 2.27. The van der Waals surface area contributed by atoms with E-state index in [4.69, 9.17) is 0 Å². The summed E-state index contributed by atoms with van der Waals surface area (Å²) in [7, 11) is 0. The van der Waals surface area contributed by atoms with Gasteiger partial charge in [0, 0.05) is 13.1 Å². The number of allylic oxidation sites excluding steroid dienone is 1. The summed E-state index contributed by atoms with van der Waals surface area (Å²) in [5, 5.41) is 3.22. The lowest BCUT2D eigenvalue weighted by atomic mass is 10.0. The second-order valence-electron chi connectivity index (χ2n) is 2.81. The Morgan fingerprint density at radius 2 is 2.33 bits per heavy atom. The van der Waals surface area contributed by atoms with Gasteiger partial charge in [-0.2, -0.15) is 0 Å². The Labute approximate surface area is 57.1 Å². The molecule has 0 aromatic heterocycles. The highest BCUT2D eigenvalue weighted by Gasteiger charge is 2.06. The third-order valence-corrected chi connectivity index (χ3v) is 1.87. The van der Waals surface area contributed by atoms with E-state index >= 15 is 0 Å². The van der Waals surface area contributed by atoms with Crippen molar-refractivity contribution in [3.8, 4) is 0 Å². The fourth-order valence-corrected chi connectivity index (χ4v) is 0.907. The first-order chi connectivity index (χ1) is 4.33. The van der Waals surface area contributed by atoms with Gasteiger partial charge >= 0.3 is 0 Å². The van der Waals surface area contributed by atoms with Gasteiger partial charge in [0.05, 0.1) is 0 Å². The zero-order valence-electron chi connectivity index (χ0n) is 6.28. The fourth-order valence-electron chi connectivity index (χ4n) is 0.907. The smallest absolute Gasteiger partial charge is 0.0180 e. The molecule has 0 bridgehead atoms. The Bertz CT molecular complexity index is 110. The normalized spacial score (nSPS) is 20.9. The van der Waals surface area contributed by atoms with Crippen molar-refractivity contribution in [2.45, 2.75) is 20.3 Å². The molecule has 0 saturated carbocycles. The second kappa shape index (κ2) is 3.02. The van der Waals surface area contributed by atoms with Gasteiger partial charge in [0.15, 0.2) is 0 Å². The van der Waals surface area contributed by atoms with Crippen molar-refractivity contribution in [1.82, 2.24) is 5.32 Å². The third kappa shape index (κ3) is 1.83. The standard InChI is InChI=1S/C8H15N/c1-3-7(2)4-8-5-9-6-8/h4,7,9H,3,5-6H2,1-2H3. The minimum Gasteiger partial charge on any atom is -0.309 e. The van der Waals surface area contributed by atoms with Crippen molar-refractivity contribution in [1.29, 1.82) is 0 Å². The predicted octanol–water partition coefficient (Wildman–Crippen LogP) is 1.56. The highest BCUT2D eigenvalue weighted by molar-refractivity contribution is 5.14. The van der Waals surface area contributed by atoms with Crippen LogP contribution in [0.4, 0.5) is 0 Å². The zero-order valence-corrected chi connectivity index (χ0v) is 6.28. The molecule has 0 aliphatic carbocycles. The maximum absolute atomic E-state index is 3.22. The van der Waals surface area contributed by atoms with E-state index in [1.165, 1.54) is 6.42 Å². The summed E-state index contributed by atoms with van der Waals surface area (Å²) >= 11 is 0. The molecule has 0 spiro atoms. The molecule has 0 radical (unpaired) electrons. The molecule has 1 N–H and O–H groups in total. The molecule has 1 atom stereocenters. The van der Waals surface area contributed by atoms with E-state index in [9.17, 15) is 0 Å². The highest BCUT2D eigenvalue weighted by Crippen LogP contribution is 2.09. The zero-order chi connectivity index (χ0) is 6.69. The number of nitrogens with one attached hydrogen (secondary N) is 1. The Kier molecular flexibility index (Phi) is 2.29. The minimum absolute atomic E-state index is 0.780. The van der Waals surface area contributed by atoms with Crippen molar-refractivity contribution in [2.24, 2.45) is 5.92 Å². The summed E-state index contributed by atoms with van der Waals surface area (Å²) in [5.41, 5.74) is 1.59. The van der Waals surface area contributed by atoms with Crippen LogP contribution in [0.2, 0.25) is 0 Å². The van der Waals surface area contributed by atoms with E-state index in [2.05, 4.69) is 25.2 Å². The molecule has 52 valence electrons. The van der Waals surface area contributed by atoms with Crippen LogP contribution in [-0.4, -0.2) is 13.1 Å². The molecule has 0 aromatic carbocycles. The van der Waals surface area contributed by atoms with Crippen molar-refractivity contribution >= 4 is 0 Å². The molecule has 1 rings (SSSR count). The van der Waals surface area contributed by atoms with Crippen LogP contribution in [0.3, 0.4) is 0 Å². The van der Waals surface area contributed by atoms with Gasteiger partial charge in [-0.05, 0) is 11.5 Å².